The fourth-order valence-electron chi connectivity index (χ4n) is 3.24. The van der Waals surface area contributed by atoms with Gasteiger partial charge in [0.2, 0.25) is 0 Å². The minimum atomic E-state index is 0.0946. The molecule has 4 rings (SSSR count). The zero-order valence-corrected chi connectivity index (χ0v) is 11.4. The molecule has 2 heterocycles. The standard InChI is InChI=1S/C17H16N2O/c1-19-16-8-4-6-12(16)9-13(17(19)20)15-10-11-5-2-3-7-14(11)18-15/h2-3,5,7,9-10,18H,4,6,8H2,1H3. The van der Waals surface area contributed by atoms with Crippen molar-refractivity contribution in [2.75, 3.05) is 0 Å². The molecule has 0 spiro atoms. The van der Waals surface area contributed by atoms with Gasteiger partial charge in [-0.05, 0) is 43.0 Å². The third-order valence-corrected chi connectivity index (χ3v) is 4.31. The van der Waals surface area contributed by atoms with Crippen molar-refractivity contribution in [3.8, 4) is 11.3 Å². The zero-order valence-electron chi connectivity index (χ0n) is 11.4. The normalized spacial score (nSPS) is 13.8. The van der Waals surface area contributed by atoms with Crippen LogP contribution in [0.2, 0.25) is 0 Å². The van der Waals surface area contributed by atoms with Crippen molar-refractivity contribution in [3.05, 3.63) is 58.0 Å². The molecule has 2 aromatic heterocycles. The highest BCUT2D eigenvalue weighted by atomic mass is 16.1. The molecule has 0 aliphatic heterocycles. The van der Waals surface area contributed by atoms with E-state index in [0.29, 0.717) is 0 Å². The highest BCUT2D eigenvalue weighted by Gasteiger charge is 2.18. The van der Waals surface area contributed by atoms with Crippen LogP contribution in [-0.4, -0.2) is 9.55 Å². The molecule has 0 bridgehead atoms. The van der Waals surface area contributed by atoms with E-state index in [1.54, 1.807) is 0 Å². The van der Waals surface area contributed by atoms with E-state index in [9.17, 15) is 4.79 Å². The summed E-state index contributed by atoms with van der Waals surface area (Å²) in [5, 5.41) is 1.14. The molecule has 0 radical (unpaired) electrons. The molecule has 100 valence electrons. The van der Waals surface area contributed by atoms with E-state index in [0.717, 1.165) is 41.4 Å². The topological polar surface area (TPSA) is 37.8 Å². The second kappa shape index (κ2) is 4.10. The van der Waals surface area contributed by atoms with Crippen molar-refractivity contribution in [2.24, 2.45) is 7.05 Å². The summed E-state index contributed by atoms with van der Waals surface area (Å²) in [5.74, 6) is 0. The highest BCUT2D eigenvalue weighted by molar-refractivity contribution is 5.85. The Bertz CT molecular complexity index is 837. The number of aromatic amines is 1. The number of benzene rings is 1. The van der Waals surface area contributed by atoms with E-state index >= 15 is 0 Å². The summed E-state index contributed by atoms with van der Waals surface area (Å²) < 4.78 is 1.82. The Balaban J connectivity index is 1.98. The summed E-state index contributed by atoms with van der Waals surface area (Å²) in [5.41, 5.74) is 5.39. The smallest absolute Gasteiger partial charge is 0.259 e. The molecular formula is C17H16N2O. The van der Waals surface area contributed by atoms with Gasteiger partial charge in [-0.2, -0.15) is 0 Å². The second-order valence-electron chi connectivity index (χ2n) is 5.52. The fourth-order valence-corrected chi connectivity index (χ4v) is 3.24. The molecule has 0 unspecified atom stereocenters. The predicted octanol–water partition coefficient (Wildman–Crippen LogP) is 3.02. The first-order valence-corrected chi connectivity index (χ1v) is 7.04. The first-order chi connectivity index (χ1) is 9.74. The molecule has 1 aliphatic carbocycles. The summed E-state index contributed by atoms with van der Waals surface area (Å²) in [6.07, 6.45) is 3.25. The number of nitrogens with zero attached hydrogens (tertiary/aromatic N) is 1. The third-order valence-electron chi connectivity index (χ3n) is 4.31. The molecular weight excluding hydrogens is 248 g/mol. The van der Waals surface area contributed by atoms with Crippen molar-refractivity contribution in [1.82, 2.24) is 9.55 Å². The van der Waals surface area contributed by atoms with Crippen molar-refractivity contribution in [2.45, 2.75) is 19.3 Å². The van der Waals surface area contributed by atoms with E-state index in [2.05, 4.69) is 23.2 Å². The van der Waals surface area contributed by atoms with Crippen molar-refractivity contribution in [1.29, 1.82) is 0 Å². The number of hydrogen-bond acceptors (Lipinski definition) is 1. The Morgan fingerprint density at radius 3 is 2.85 bits per heavy atom. The van der Waals surface area contributed by atoms with Crippen LogP contribution in [0.5, 0.6) is 0 Å². The third kappa shape index (κ3) is 1.56. The molecule has 20 heavy (non-hydrogen) atoms. The molecule has 3 aromatic rings. The van der Waals surface area contributed by atoms with Crippen LogP contribution in [0.4, 0.5) is 0 Å². The van der Waals surface area contributed by atoms with Gasteiger partial charge in [-0.15, -0.1) is 0 Å². The number of H-pyrrole nitrogens is 1. The molecule has 1 N–H and O–H groups in total. The largest absolute Gasteiger partial charge is 0.354 e. The van der Waals surface area contributed by atoms with Crippen molar-refractivity contribution >= 4 is 10.9 Å². The van der Waals surface area contributed by atoms with Crippen molar-refractivity contribution < 1.29 is 0 Å². The molecule has 1 aliphatic rings. The summed E-state index contributed by atoms with van der Waals surface area (Å²) >= 11 is 0. The minimum Gasteiger partial charge on any atom is -0.354 e. The lowest BCUT2D eigenvalue weighted by Crippen LogP contribution is -2.22. The Labute approximate surface area is 116 Å². The quantitative estimate of drug-likeness (QED) is 0.720. The Morgan fingerprint density at radius 1 is 1.15 bits per heavy atom. The average molecular weight is 264 g/mol. The van der Waals surface area contributed by atoms with Crippen LogP contribution >= 0.6 is 0 Å². The van der Waals surface area contributed by atoms with Crippen LogP contribution in [0, 0.1) is 0 Å². The van der Waals surface area contributed by atoms with Crippen LogP contribution in [0.1, 0.15) is 17.7 Å². The van der Waals surface area contributed by atoms with E-state index < -0.39 is 0 Å². The molecule has 0 saturated heterocycles. The lowest BCUT2D eigenvalue weighted by Gasteiger charge is -2.09. The fraction of sp³-hybridized carbons (Fsp3) is 0.235. The van der Waals surface area contributed by atoms with E-state index in [4.69, 9.17) is 0 Å². The summed E-state index contributed by atoms with van der Waals surface area (Å²) in [4.78, 5) is 15.9. The molecule has 1 aromatic carbocycles. The van der Waals surface area contributed by atoms with Gasteiger partial charge in [-0.1, -0.05) is 18.2 Å². The van der Waals surface area contributed by atoms with E-state index in [1.807, 2.05) is 29.8 Å². The van der Waals surface area contributed by atoms with Gasteiger partial charge < -0.3 is 9.55 Å². The number of rotatable bonds is 1. The Kier molecular flexibility index (Phi) is 2.36. The highest BCUT2D eigenvalue weighted by Crippen LogP contribution is 2.26. The van der Waals surface area contributed by atoms with Crippen LogP contribution in [-0.2, 0) is 19.9 Å². The first kappa shape index (κ1) is 11.5. The Hall–Kier alpha value is -2.29. The number of pyridine rings is 1. The van der Waals surface area contributed by atoms with E-state index in [-0.39, 0.29) is 5.56 Å². The summed E-state index contributed by atoms with van der Waals surface area (Å²) in [6, 6.07) is 12.3. The maximum atomic E-state index is 12.5. The van der Waals surface area contributed by atoms with Gasteiger partial charge in [0.05, 0.1) is 11.3 Å². The van der Waals surface area contributed by atoms with Gasteiger partial charge in [0.1, 0.15) is 0 Å². The molecule has 0 amide bonds. The van der Waals surface area contributed by atoms with Crippen molar-refractivity contribution in [3.63, 3.8) is 0 Å². The number of aryl methyl sites for hydroxylation is 1. The predicted molar refractivity (Wildman–Crippen MR) is 81.0 cm³/mol. The molecule has 3 nitrogen and oxygen atoms in total. The SMILES string of the molecule is Cn1c2c(cc(-c3cc4ccccc4[nH]3)c1=O)CCC2. The number of aromatic nitrogens is 2. The average Bonchev–Trinajstić information content (AvgIpc) is 3.08. The number of hydrogen-bond donors (Lipinski definition) is 1. The second-order valence-corrected chi connectivity index (χ2v) is 5.52. The molecule has 3 heteroatoms. The molecule has 0 atom stereocenters. The van der Waals surface area contributed by atoms with Crippen LogP contribution in [0.3, 0.4) is 0 Å². The van der Waals surface area contributed by atoms with Crippen LogP contribution < -0.4 is 5.56 Å². The van der Waals surface area contributed by atoms with Gasteiger partial charge in [-0.3, -0.25) is 4.79 Å². The maximum Gasteiger partial charge on any atom is 0.259 e. The summed E-state index contributed by atoms with van der Waals surface area (Å²) in [6.45, 7) is 0. The number of fused-ring (bicyclic) bond motifs is 2. The van der Waals surface area contributed by atoms with Gasteiger partial charge in [-0.25, -0.2) is 0 Å². The Morgan fingerprint density at radius 2 is 2.00 bits per heavy atom. The molecule has 0 saturated carbocycles. The van der Waals surface area contributed by atoms with Crippen LogP contribution in [0.15, 0.2) is 41.2 Å². The lowest BCUT2D eigenvalue weighted by atomic mass is 10.1. The van der Waals surface area contributed by atoms with Gasteiger partial charge in [0, 0.05) is 23.6 Å². The number of nitrogens with one attached hydrogen (secondary N) is 1. The zero-order chi connectivity index (χ0) is 13.7. The maximum absolute atomic E-state index is 12.5. The van der Waals surface area contributed by atoms with Gasteiger partial charge >= 0.3 is 0 Å². The monoisotopic (exact) mass is 264 g/mol. The van der Waals surface area contributed by atoms with Crippen LogP contribution in [0.25, 0.3) is 22.2 Å². The summed E-state index contributed by atoms with van der Waals surface area (Å²) in [7, 11) is 1.89. The first-order valence-electron chi connectivity index (χ1n) is 7.04. The lowest BCUT2D eigenvalue weighted by molar-refractivity contribution is 0.780. The minimum absolute atomic E-state index is 0.0946. The van der Waals surface area contributed by atoms with Gasteiger partial charge in [0.25, 0.3) is 5.56 Å². The van der Waals surface area contributed by atoms with Gasteiger partial charge in [0.15, 0.2) is 0 Å². The number of para-hydroxylation sites is 1. The molecule has 0 fully saturated rings. The van der Waals surface area contributed by atoms with E-state index in [1.165, 1.54) is 11.3 Å².